The van der Waals surface area contributed by atoms with Crippen LogP contribution in [0.25, 0.3) is 0 Å². The largest absolute Gasteiger partial charge is 0.492 e. The molecule has 6 rings (SSSR count). The van der Waals surface area contributed by atoms with E-state index in [1.807, 2.05) is 0 Å². The molecule has 0 aliphatic heterocycles. The van der Waals surface area contributed by atoms with Crippen molar-refractivity contribution in [2.45, 2.75) is 0 Å². The third-order valence-electron chi connectivity index (χ3n) is 6.99. The number of nitrogens with two attached hydrogens (primary N) is 2. The van der Waals surface area contributed by atoms with Gasteiger partial charge in [0.1, 0.15) is 0 Å². The van der Waals surface area contributed by atoms with Crippen LogP contribution in [0.4, 0.5) is 11.4 Å². The quantitative estimate of drug-likeness (QED) is 0.116. The summed E-state index contributed by atoms with van der Waals surface area (Å²) in [5.41, 5.74) is 12.8. The zero-order valence-electron chi connectivity index (χ0n) is 20.5. The molecule has 40 heavy (non-hydrogen) atoms. The van der Waals surface area contributed by atoms with Crippen molar-refractivity contribution >= 4 is 46.3 Å². The molecule has 0 heterocycles. The number of carbonyl (C=O) groups excluding carboxylic acids is 4. The highest BCUT2D eigenvalue weighted by Crippen LogP contribution is 2.34. The first-order valence-corrected chi connectivity index (χ1v) is 12.0. The molecule has 0 aromatic heterocycles. The van der Waals surface area contributed by atoms with Crippen molar-refractivity contribution in [2.75, 3.05) is 11.5 Å². The molecule has 0 saturated carbocycles. The third kappa shape index (κ3) is 3.43. The van der Waals surface area contributed by atoms with E-state index in [4.69, 9.17) is 11.5 Å². The molecule has 10 nitrogen and oxygen atoms in total. The maximum atomic E-state index is 13.1. The van der Waals surface area contributed by atoms with Gasteiger partial charge in [0, 0.05) is 33.4 Å². The molecule has 4 aromatic carbocycles. The van der Waals surface area contributed by atoms with E-state index in [0.717, 1.165) is 0 Å². The Morgan fingerprint density at radius 3 is 1.15 bits per heavy atom. The highest BCUT2D eigenvalue weighted by Gasteiger charge is 2.34. The van der Waals surface area contributed by atoms with Gasteiger partial charge in [-0.3, -0.25) is 19.2 Å². The van der Waals surface area contributed by atoms with Crippen molar-refractivity contribution in [2.24, 2.45) is 10.2 Å². The average molecular weight is 530 g/mol. The van der Waals surface area contributed by atoms with Crippen LogP contribution in [0.15, 0.2) is 83.0 Å². The summed E-state index contributed by atoms with van der Waals surface area (Å²) in [6, 6.07) is 18.0. The van der Waals surface area contributed by atoms with Gasteiger partial charge in [-0.2, -0.15) is 0 Å². The molecule has 10 heteroatoms. The molecule has 0 atom stereocenters. The number of anilines is 2. The van der Waals surface area contributed by atoms with Crippen LogP contribution in [-0.2, 0) is 0 Å². The molecular formula is C30H18N4O6. The number of ketones is 4. The summed E-state index contributed by atoms with van der Waals surface area (Å²) in [7, 11) is 0. The van der Waals surface area contributed by atoms with E-state index < -0.39 is 23.4 Å². The van der Waals surface area contributed by atoms with E-state index >= 15 is 0 Å². The van der Waals surface area contributed by atoms with Crippen molar-refractivity contribution in [3.05, 3.63) is 128 Å². The molecule has 0 bridgehead atoms. The molecule has 2 aliphatic carbocycles. The normalized spacial score (nSPS) is 14.4. The Hall–Kier alpha value is -5.90. The van der Waals surface area contributed by atoms with Crippen molar-refractivity contribution in [3.63, 3.8) is 0 Å². The van der Waals surface area contributed by atoms with Gasteiger partial charge in [-0.25, -0.2) is 0 Å². The molecule has 0 saturated heterocycles. The molecule has 0 amide bonds. The SMILES string of the molecule is Nc1c(C(O)=NN=C(O)c2ccc3c(c2N)C(=O)c2ccccc2C3=O)ccc2c1C(=O)c1ccccc1C2=O. The number of nitrogens with zero attached hydrogens (tertiary/aromatic N) is 2. The Morgan fingerprint density at radius 1 is 0.475 bits per heavy atom. The first-order valence-electron chi connectivity index (χ1n) is 12.0. The molecule has 2 aliphatic rings. The van der Waals surface area contributed by atoms with Crippen molar-refractivity contribution in [3.8, 4) is 0 Å². The second kappa shape index (κ2) is 8.84. The first-order chi connectivity index (χ1) is 19.2. The summed E-state index contributed by atoms with van der Waals surface area (Å²) in [5, 5.41) is 28.5. The highest BCUT2D eigenvalue weighted by molar-refractivity contribution is 6.32. The number of aliphatic hydroxyl groups excluding tert-OH is 2. The standard InChI is InChI=1S/C30H18N4O6/c31-23-19(11-9-17-21(23)27(37)15-7-3-1-5-13(15)25(17)35)29(39)33-34-30(40)20-12-10-18-22(24(20)32)28(38)16-8-4-2-6-14(16)26(18)36/h1-12H,31-32H2,(H,33,39)(H,34,40). The second-order valence-corrected chi connectivity index (χ2v) is 9.15. The number of rotatable bonds is 3. The number of benzene rings is 4. The highest BCUT2D eigenvalue weighted by atomic mass is 16.3. The van der Waals surface area contributed by atoms with Gasteiger partial charge in [0.25, 0.3) is 0 Å². The van der Waals surface area contributed by atoms with Gasteiger partial charge < -0.3 is 21.7 Å². The van der Waals surface area contributed by atoms with Crippen LogP contribution in [0.3, 0.4) is 0 Å². The topological polar surface area (TPSA) is 185 Å². The van der Waals surface area contributed by atoms with Crippen LogP contribution in [-0.4, -0.2) is 45.1 Å². The summed E-state index contributed by atoms with van der Waals surface area (Å²) in [6.07, 6.45) is 0. The van der Waals surface area contributed by atoms with Gasteiger partial charge in [-0.1, -0.05) is 48.5 Å². The summed E-state index contributed by atoms with van der Waals surface area (Å²) in [5.74, 6) is -3.22. The maximum Gasteiger partial charge on any atom is 0.240 e. The van der Waals surface area contributed by atoms with Gasteiger partial charge in [0.15, 0.2) is 23.1 Å². The lowest BCUT2D eigenvalue weighted by molar-refractivity contribution is 0.0979. The van der Waals surface area contributed by atoms with E-state index in [-0.39, 0.29) is 78.6 Å². The Balaban J connectivity index is 1.37. The van der Waals surface area contributed by atoms with Crippen LogP contribution in [0.5, 0.6) is 0 Å². The smallest absolute Gasteiger partial charge is 0.240 e. The van der Waals surface area contributed by atoms with Crippen molar-refractivity contribution < 1.29 is 29.4 Å². The van der Waals surface area contributed by atoms with Crippen LogP contribution in [0.2, 0.25) is 0 Å². The van der Waals surface area contributed by atoms with Gasteiger partial charge >= 0.3 is 0 Å². The molecule has 6 N–H and O–H groups in total. The number of nitrogen functional groups attached to an aromatic ring is 2. The van der Waals surface area contributed by atoms with Crippen LogP contribution < -0.4 is 11.5 Å². The number of hydrogen-bond acceptors (Lipinski definition) is 8. The minimum atomic E-state index is -0.748. The second-order valence-electron chi connectivity index (χ2n) is 9.15. The number of hydrogen-bond donors (Lipinski definition) is 4. The molecule has 0 spiro atoms. The number of carbonyl (C=O) groups is 4. The van der Waals surface area contributed by atoms with Gasteiger partial charge in [-0.15, -0.1) is 10.2 Å². The lowest BCUT2D eigenvalue weighted by atomic mass is 9.82. The minimum absolute atomic E-state index is 0.0708. The van der Waals surface area contributed by atoms with E-state index in [2.05, 4.69) is 10.2 Å². The van der Waals surface area contributed by atoms with Crippen LogP contribution in [0, 0.1) is 0 Å². The van der Waals surface area contributed by atoms with Gasteiger partial charge in [0.2, 0.25) is 11.8 Å². The zero-order valence-corrected chi connectivity index (χ0v) is 20.5. The van der Waals surface area contributed by atoms with E-state index in [1.54, 1.807) is 36.4 Å². The minimum Gasteiger partial charge on any atom is -0.492 e. The monoisotopic (exact) mass is 530 g/mol. The van der Waals surface area contributed by atoms with Crippen LogP contribution >= 0.6 is 0 Å². The molecular weight excluding hydrogens is 512 g/mol. The van der Waals surface area contributed by atoms with Gasteiger partial charge in [-0.05, 0) is 24.3 Å². The fourth-order valence-corrected chi connectivity index (χ4v) is 5.02. The predicted octanol–water partition coefficient (Wildman–Crippen LogP) is 3.63. The maximum absolute atomic E-state index is 13.1. The van der Waals surface area contributed by atoms with E-state index in [0.29, 0.717) is 0 Å². The fraction of sp³-hybridized carbons (Fsp3) is 0. The molecule has 0 unspecified atom stereocenters. The molecule has 4 aromatic rings. The molecule has 0 radical (unpaired) electrons. The summed E-state index contributed by atoms with van der Waals surface area (Å²) in [4.78, 5) is 52.0. The molecule has 194 valence electrons. The summed E-state index contributed by atoms with van der Waals surface area (Å²) < 4.78 is 0. The zero-order chi connectivity index (χ0) is 28.3. The summed E-state index contributed by atoms with van der Waals surface area (Å²) >= 11 is 0. The lowest BCUT2D eigenvalue weighted by Gasteiger charge is -2.20. The van der Waals surface area contributed by atoms with E-state index in [9.17, 15) is 29.4 Å². The fourth-order valence-electron chi connectivity index (χ4n) is 5.02. The van der Waals surface area contributed by atoms with Crippen molar-refractivity contribution in [1.29, 1.82) is 0 Å². The van der Waals surface area contributed by atoms with Crippen molar-refractivity contribution in [1.82, 2.24) is 0 Å². The molecule has 0 fully saturated rings. The lowest BCUT2D eigenvalue weighted by Crippen LogP contribution is -2.24. The Morgan fingerprint density at radius 2 is 0.800 bits per heavy atom. The number of fused-ring (bicyclic) bond motifs is 4. The van der Waals surface area contributed by atoms with Gasteiger partial charge in [0.05, 0.1) is 33.6 Å². The number of aliphatic hydroxyl groups is 2. The Labute approximate surface area is 225 Å². The Bertz CT molecular complexity index is 1780. The average Bonchev–Trinajstić information content (AvgIpc) is 2.97. The van der Waals surface area contributed by atoms with E-state index in [1.165, 1.54) is 36.4 Å². The first kappa shape index (κ1) is 24.4. The predicted molar refractivity (Wildman–Crippen MR) is 147 cm³/mol. The summed E-state index contributed by atoms with van der Waals surface area (Å²) in [6.45, 7) is 0. The van der Waals surface area contributed by atoms with Crippen LogP contribution in [0.1, 0.15) is 74.8 Å². The third-order valence-corrected chi connectivity index (χ3v) is 6.99. The Kier molecular flexibility index (Phi) is 5.40.